The van der Waals surface area contributed by atoms with Gasteiger partial charge >= 0.3 is 0 Å². The number of nitrogens with one attached hydrogen (secondary N) is 1. The number of benzene rings is 2. The summed E-state index contributed by atoms with van der Waals surface area (Å²) in [7, 11) is 0. The molecule has 27 heavy (non-hydrogen) atoms. The average Bonchev–Trinajstić information content (AvgIpc) is 2.75. The van der Waals surface area contributed by atoms with Gasteiger partial charge in [0.15, 0.2) is 0 Å². The Morgan fingerprint density at radius 3 is 2.48 bits per heavy atom. The smallest absolute Gasteiger partial charge is 0.253 e. The lowest BCUT2D eigenvalue weighted by Crippen LogP contribution is -2.35. The molecular weight excluding hydrogens is 338 g/mol. The molecule has 0 aliphatic heterocycles. The van der Waals surface area contributed by atoms with Gasteiger partial charge in [-0.2, -0.15) is 0 Å². The summed E-state index contributed by atoms with van der Waals surface area (Å²) in [6.07, 6.45) is 4.31. The maximum atomic E-state index is 12.3. The van der Waals surface area contributed by atoms with Crippen LogP contribution in [0, 0.1) is 5.92 Å². The van der Waals surface area contributed by atoms with E-state index in [0.29, 0.717) is 18.0 Å². The van der Waals surface area contributed by atoms with Gasteiger partial charge in [0.05, 0.1) is 0 Å². The van der Waals surface area contributed by atoms with Crippen LogP contribution in [0.2, 0.25) is 0 Å². The van der Waals surface area contributed by atoms with Crippen molar-refractivity contribution in [3.8, 4) is 5.75 Å². The molecule has 2 aromatic rings. The molecule has 1 aliphatic rings. The van der Waals surface area contributed by atoms with Crippen LogP contribution in [-0.4, -0.2) is 17.1 Å². The lowest BCUT2D eigenvalue weighted by atomic mass is 9.85. The van der Waals surface area contributed by atoms with Crippen LogP contribution in [0.5, 0.6) is 5.75 Å². The monoisotopic (exact) mass is 369 g/mol. The van der Waals surface area contributed by atoms with E-state index >= 15 is 0 Å². The minimum atomic E-state index is -0.936. The maximum Gasteiger partial charge on any atom is 0.253 e. The largest absolute Gasteiger partial charge is 0.489 e. The van der Waals surface area contributed by atoms with Gasteiger partial charge < -0.3 is 15.2 Å². The van der Waals surface area contributed by atoms with Gasteiger partial charge in [-0.15, -0.1) is 0 Å². The Morgan fingerprint density at radius 2 is 1.78 bits per heavy atom. The fourth-order valence-corrected chi connectivity index (χ4v) is 3.28. The Kier molecular flexibility index (Phi) is 8.85. The minimum Gasteiger partial charge on any atom is -0.489 e. The third-order valence-electron chi connectivity index (χ3n) is 4.71. The molecule has 0 saturated heterocycles. The molecule has 0 radical (unpaired) electrons. The van der Waals surface area contributed by atoms with Crippen molar-refractivity contribution in [1.82, 2.24) is 0 Å². The Labute approximate surface area is 162 Å². The fourth-order valence-electron chi connectivity index (χ4n) is 3.28. The highest BCUT2D eigenvalue weighted by Gasteiger charge is 2.27. The molecule has 0 heterocycles. The molecule has 1 saturated carbocycles. The van der Waals surface area contributed by atoms with Crippen molar-refractivity contribution in [2.45, 2.75) is 58.7 Å². The quantitative estimate of drug-likeness (QED) is 0.738. The van der Waals surface area contributed by atoms with Gasteiger partial charge in [-0.05, 0) is 36.5 Å². The lowest BCUT2D eigenvalue weighted by Gasteiger charge is -2.25. The molecule has 146 valence electrons. The number of carbonyl (C=O) groups is 1. The van der Waals surface area contributed by atoms with E-state index < -0.39 is 6.10 Å². The van der Waals surface area contributed by atoms with Crippen molar-refractivity contribution in [1.29, 1.82) is 0 Å². The predicted octanol–water partition coefficient (Wildman–Crippen LogP) is 5.17. The van der Waals surface area contributed by atoms with E-state index in [4.69, 9.17) is 4.74 Å². The van der Waals surface area contributed by atoms with Crippen LogP contribution < -0.4 is 10.1 Å². The van der Waals surface area contributed by atoms with Gasteiger partial charge in [-0.25, -0.2) is 0 Å². The summed E-state index contributed by atoms with van der Waals surface area (Å²) in [5.74, 6) is 0.437. The van der Waals surface area contributed by atoms with E-state index in [9.17, 15) is 9.90 Å². The molecule has 4 nitrogen and oxygen atoms in total. The second kappa shape index (κ2) is 11.4. The van der Waals surface area contributed by atoms with E-state index in [1.165, 1.54) is 6.42 Å². The van der Waals surface area contributed by atoms with Crippen molar-refractivity contribution >= 4 is 11.6 Å². The Hall–Kier alpha value is -2.33. The average molecular weight is 370 g/mol. The first kappa shape index (κ1) is 21.0. The molecule has 4 heteroatoms. The van der Waals surface area contributed by atoms with E-state index in [0.717, 1.165) is 31.2 Å². The number of anilines is 1. The predicted molar refractivity (Wildman–Crippen MR) is 110 cm³/mol. The summed E-state index contributed by atoms with van der Waals surface area (Å²) in [5, 5.41) is 13.1. The van der Waals surface area contributed by atoms with Gasteiger partial charge in [0.25, 0.3) is 5.91 Å². The first-order valence-corrected chi connectivity index (χ1v) is 9.98. The van der Waals surface area contributed by atoms with Crippen molar-refractivity contribution in [2.24, 2.45) is 5.92 Å². The molecular formula is C23H31NO3. The van der Waals surface area contributed by atoms with Crippen molar-refractivity contribution in [2.75, 3.05) is 5.32 Å². The number of ether oxygens (including phenoxy) is 1. The molecule has 0 bridgehead atoms. The van der Waals surface area contributed by atoms with Crippen molar-refractivity contribution in [3.05, 3.63) is 60.2 Å². The van der Waals surface area contributed by atoms with Crippen LogP contribution in [0.1, 0.15) is 51.5 Å². The molecule has 1 fully saturated rings. The topological polar surface area (TPSA) is 58.6 Å². The number of rotatable bonds is 6. The molecule has 2 aromatic carbocycles. The summed E-state index contributed by atoms with van der Waals surface area (Å²) < 4.78 is 5.78. The third kappa shape index (κ3) is 6.72. The Morgan fingerprint density at radius 1 is 1.07 bits per heavy atom. The van der Waals surface area contributed by atoms with E-state index in [1.54, 1.807) is 12.1 Å². The second-order valence-corrected chi connectivity index (χ2v) is 6.63. The third-order valence-corrected chi connectivity index (χ3v) is 4.71. The van der Waals surface area contributed by atoms with Crippen LogP contribution in [0.3, 0.4) is 0 Å². The second-order valence-electron chi connectivity index (χ2n) is 6.63. The van der Waals surface area contributed by atoms with Gasteiger partial charge in [0.2, 0.25) is 0 Å². The molecule has 1 aliphatic carbocycles. The van der Waals surface area contributed by atoms with Gasteiger partial charge in [-0.1, -0.05) is 69.5 Å². The van der Waals surface area contributed by atoms with Crippen LogP contribution >= 0.6 is 0 Å². The summed E-state index contributed by atoms with van der Waals surface area (Å²) in [5.41, 5.74) is 1.73. The van der Waals surface area contributed by atoms with Gasteiger partial charge in [0.1, 0.15) is 18.5 Å². The molecule has 0 spiro atoms. The standard InChI is InChI=1S/C21H25NO3.C2H6/c23-20(17-10-5-2-6-11-17)21(24)22-18-12-7-13-19(14-18)25-15-16-8-3-1-4-9-16;1-2/h1,3-4,7-9,12-14,17,20,23H,2,5-6,10-11,15H2,(H,22,24);1-2H3. The minimum absolute atomic E-state index is 0.0752. The summed E-state index contributed by atoms with van der Waals surface area (Å²) >= 11 is 0. The number of hydrogen-bond acceptors (Lipinski definition) is 3. The molecule has 1 amide bonds. The zero-order valence-corrected chi connectivity index (χ0v) is 16.4. The summed E-state index contributed by atoms with van der Waals surface area (Å²) in [4.78, 5) is 12.3. The number of hydrogen-bond donors (Lipinski definition) is 2. The number of aliphatic hydroxyl groups excluding tert-OH is 1. The van der Waals surface area contributed by atoms with Crippen LogP contribution in [0.4, 0.5) is 5.69 Å². The lowest BCUT2D eigenvalue weighted by molar-refractivity contribution is -0.127. The highest BCUT2D eigenvalue weighted by molar-refractivity contribution is 5.94. The van der Waals surface area contributed by atoms with E-state index in [2.05, 4.69) is 5.32 Å². The zero-order chi connectivity index (χ0) is 19.5. The Bertz CT molecular complexity index is 681. The molecule has 1 unspecified atom stereocenters. The summed E-state index contributed by atoms with van der Waals surface area (Å²) in [6.45, 7) is 4.48. The first-order valence-electron chi connectivity index (χ1n) is 9.98. The van der Waals surface area contributed by atoms with Crippen molar-refractivity contribution in [3.63, 3.8) is 0 Å². The SMILES string of the molecule is CC.O=C(Nc1cccc(OCc2ccccc2)c1)C(O)C1CCCCC1. The maximum absolute atomic E-state index is 12.3. The number of aliphatic hydroxyl groups is 1. The molecule has 1 atom stereocenters. The highest BCUT2D eigenvalue weighted by Crippen LogP contribution is 2.27. The summed E-state index contributed by atoms with van der Waals surface area (Å²) in [6, 6.07) is 17.2. The fraction of sp³-hybridized carbons (Fsp3) is 0.435. The number of carbonyl (C=O) groups excluding carboxylic acids is 1. The van der Waals surface area contributed by atoms with Gasteiger partial charge in [-0.3, -0.25) is 4.79 Å². The molecule has 2 N–H and O–H groups in total. The first-order chi connectivity index (χ1) is 13.2. The Balaban J connectivity index is 0.00000126. The van der Waals surface area contributed by atoms with Crippen LogP contribution in [0.25, 0.3) is 0 Å². The van der Waals surface area contributed by atoms with E-state index in [1.807, 2.05) is 56.3 Å². The van der Waals surface area contributed by atoms with E-state index in [-0.39, 0.29) is 11.8 Å². The zero-order valence-electron chi connectivity index (χ0n) is 16.4. The normalized spacial score (nSPS) is 15.2. The van der Waals surface area contributed by atoms with Crippen LogP contribution in [-0.2, 0) is 11.4 Å². The number of amides is 1. The van der Waals surface area contributed by atoms with Crippen molar-refractivity contribution < 1.29 is 14.6 Å². The highest BCUT2D eigenvalue weighted by atomic mass is 16.5. The molecule has 3 rings (SSSR count). The van der Waals surface area contributed by atoms with Gasteiger partial charge in [0, 0.05) is 11.8 Å². The molecule has 0 aromatic heterocycles. The van der Waals surface area contributed by atoms with Crippen LogP contribution in [0.15, 0.2) is 54.6 Å².